The van der Waals surface area contributed by atoms with Crippen LogP contribution >= 0.6 is 0 Å². The van der Waals surface area contributed by atoms with Crippen LogP contribution in [0.15, 0.2) is 24.3 Å². The number of hydrogen-bond acceptors (Lipinski definition) is 2. The van der Waals surface area contributed by atoms with Crippen molar-refractivity contribution in [1.82, 2.24) is 4.90 Å². The third-order valence-corrected chi connectivity index (χ3v) is 4.44. The van der Waals surface area contributed by atoms with Crippen molar-refractivity contribution in [3.05, 3.63) is 29.8 Å². The average molecular weight is 286 g/mol. The van der Waals surface area contributed by atoms with Gasteiger partial charge in [-0.25, -0.2) is 0 Å². The quantitative estimate of drug-likeness (QED) is 0.794. The van der Waals surface area contributed by atoms with Crippen LogP contribution in [0.1, 0.15) is 32.8 Å². The van der Waals surface area contributed by atoms with E-state index in [9.17, 15) is 9.59 Å². The Bertz CT molecular complexity index is 589. The Labute approximate surface area is 125 Å². The Kier molecular flexibility index (Phi) is 3.27. The van der Waals surface area contributed by atoms with Crippen LogP contribution in [0.25, 0.3) is 0 Å². The first-order valence-corrected chi connectivity index (χ1v) is 7.57. The smallest absolute Gasteiger partial charge is 0.232 e. The fourth-order valence-electron chi connectivity index (χ4n) is 3.31. The highest BCUT2D eigenvalue weighted by Gasteiger charge is 2.41. The van der Waals surface area contributed by atoms with Crippen molar-refractivity contribution in [2.75, 3.05) is 18.0 Å². The first-order chi connectivity index (χ1) is 9.88. The maximum Gasteiger partial charge on any atom is 0.232 e. The molecular weight excluding hydrogens is 264 g/mol. The van der Waals surface area contributed by atoms with E-state index in [4.69, 9.17) is 0 Å². The topological polar surface area (TPSA) is 40.6 Å². The molecule has 0 radical (unpaired) electrons. The predicted molar refractivity (Wildman–Crippen MR) is 82.1 cm³/mol. The average Bonchev–Trinajstić information content (AvgIpc) is 3.01. The SMILES string of the molecule is CC(C)(C)N1C[C@@H](C(=O)N2CCc3ccccc32)CC1=O. The molecule has 1 atom stereocenters. The number of para-hydroxylation sites is 1. The van der Waals surface area contributed by atoms with Gasteiger partial charge in [-0.2, -0.15) is 0 Å². The van der Waals surface area contributed by atoms with Gasteiger partial charge in [0, 0.05) is 30.7 Å². The minimum atomic E-state index is -0.213. The van der Waals surface area contributed by atoms with Crippen LogP contribution in [-0.2, 0) is 16.0 Å². The van der Waals surface area contributed by atoms with Gasteiger partial charge in [0.1, 0.15) is 0 Å². The van der Waals surface area contributed by atoms with Crippen LogP contribution in [0.5, 0.6) is 0 Å². The lowest BCUT2D eigenvalue weighted by Gasteiger charge is -2.32. The molecule has 1 aromatic rings. The predicted octanol–water partition coefficient (Wildman–Crippen LogP) is 2.22. The number of fused-ring (bicyclic) bond motifs is 1. The molecule has 1 saturated heterocycles. The van der Waals surface area contributed by atoms with Crippen LogP contribution in [-0.4, -0.2) is 35.3 Å². The van der Waals surface area contributed by atoms with Crippen molar-refractivity contribution in [2.45, 2.75) is 39.2 Å². The molecule has 4 heteroatoms. The van der Waals surface area contributed by atoms with E-state index in [1.807, 2.05) is 48.8 Å². The Hall–Kier alpha value is -1.84. The maximum absolute atomic E-state index is 12.8. The molecule has 0 bridgehead atoms. The van der Waals surface area contributed by atoms with Gasteiger partial charge in [0.05, 0.1) is 5.92 Å². The van der Waals surface area contributed by atoms with E-state index in [-0.39, 0.29) is 23.3 Å². The van der Waals surface area contributed by atoms with Crippen LogP contribution in [0.2, 0.25) is 0 Å². The highest BCUT2D eigenvalue weighted by Crippen LogP contribution is 2.32. The van der Waals surface area contributed by atoms with E-state index >= 15 is 0 Å². The Morgan fingerprint density at radius 2 is 1.95 bits per heavy atom. The number of hydrogen-bond donors (Lipinski definition) is 0. The second-order valence-corrected chi connectivity index (χ2v) is 6.94. The first-order valence-electron chi connectivity index (χ1n) is 7.57. The molecular formula is C17H22N2O2. The van der Waals surface area contributed by atoms with Crippen molar-refractivity contribution in [3.63, 3.8) is 0 Å². The molecule has 1 fully saturated rings. The maximum atomic E-state index is 12.8. The van der Waals surface area contributed by atoms with Gasteiger partial charge in [-0.1, -0.05) is 18.2 Å². The van der Waals surface area contributed by atoms with Gasteiger partial charge in [-0.3, -0.25) is 9.59 Å². The van der Waals surface area contributed by atoms with Crippen LogP contribution in [0.3, 0.4) is 0 Å². The van der Waals surface area contributed by atoms with Crippen LogP contribution < -0.4 is 4.90 Å². The van der Waals surface area contributed by atoms with Gasteiger partial charge in [-0.15, -0.1) is 0 Å². The lowest BCUT2D eigenvalue weighted by atomic mass is 10.1. The zero-order valence-electron chi connectivity index (χ0n) is 12.9. The normalized spacial score (nSPS) is 21.9. The number of nitrogens with zero attached hydrogens (tertiary/aromatic N) is 2. The van der Waals surface area contributed by atoms with E-state index in [1.165, 1.54) is 5.56 Å². The Morgan fingerprint density at radius 3 is 2.62 bits per heavy atom. The number of likely N-dealkylation sites (tertiary alicyclic amines) is 1. The largest absolute Gasteiger partial charge is 0.337 e. The van der Waals surface area contributed by atoms with Gasteiger partial charge in [0.25, 0.3) is 0 Å². The summed E-state index contributed by atoms with van der Waals surface area (Å²) in [6, 6.07) is 8.04. The molecule has 112 valence electrons. The molecule has 0 unspecified atom stereocenters. The van der Waals surface area contributed by atoms with Gasteiger partial charge < -0.3 is 9.80 Å². The third-order valence-electron chi connectivity index (χ3n) is 4.44. The molecule has 21 heavy (non-hydrogen) atoms. The fraction of sp³-hybridized carbons (Fsp3) is 0.529. The molecule has 2 heterocycles. The van der Waals surface area contributed by atoms with E-state index in [0.29, 0.717) is 13.0 Å². The summed E-state index contributed by atoms with van der Waals surface area (Å²) in [4.78, 5) is 28.6. The summed E-state index contributed by atoms with van der Waals surface area (Å²) in [5.41, 5.74) is 2.03. The second kappa shape index (κ2) is 4.86. The number of carbonyl (C=O) groups is 2. The summed E-state index contributed by atoms with van der Waals surface area (Å²) in [6.45, 7) is 7.33. The molecule has 0 saturated carbocycles. The summed E-state index contributed by atoms with van der Waals surface area (Å²) < 4.78 is 0. The zero-order valence-corrected chi connectivity index (χ0v) is 12.9. The number of rotatable bonds is 1. The molecule has 2 amide bonds. The van der Waals surface area contributed by atoms with Crippen LogP contribution in [0, 0.1) is 5.92 Å². The van der Waals surface area contributed by atoms with Gasteiger partial charge in [0.15, 0.2) is 0 Å². The number of benzene rings is 1. The van der Waals surface area contributed by atoms with Crippen molar-refractivity contribution in [3.8, 4) is 0 Å². The third kappa shape index (κ3) is 2.43. The molecule has 0 aliphatic carbocycles. The first kappa shape index (κ1) is 14.1. The summed E-state index contributed by atoms with van der Waals surface area (Å²) in [5.74, 6) is -0.0173. The van der Waals surface area contributed by atoms with Crippen molar-refractivity contribution in [2.24, 2.45) is 5.92 Å². The monoisotopic (exact) mass is 286 g/mol. The standard InChI is InChI=1S/C17H22N2O2/c1-17(2,3)19-11-13(10-15(19)20)16(21)18-9-8-12-6-4-5-7-14(12)18/h4-7,13H,8-11H2,1-3H3/t13-/m0/s1. The van der Waals surface area contributed by atoms with E-state index in [0.717, 1.165) is 18.7 Å². The summed E-state index contributed by atoms with van der Waals surface area (Å²) in [6.07, 6.45) is 1.25. The highest BCUT2D eigenvalue weighted by molar-refractivity contribution is 6.00. The van der Waals surface area contributed by atoms with Crippen molar-refractivity contribution >= 4 is 17.5 Å². The molecule has 0 spiro atoms. The van der Waals surface area contributed by atoms with Crippen LogP contribution in [0.4, 0.5) is 5.69 Å². The van der Waals surface area contributed by atoms with Crippen molar-refractivity contribution in [1.29, 1.82) is 0 Å². The molecule has 2 aliphatic heterocycles. The van der Waals surface area contributed by atoms with Gasteiger partial charge in [0.2, 0.25) is 11.8 Å². The minimum Gasteiger partial charge on any atom is -0.337 e. The second-order valence-electron chi connectivity index (χ2n) is 6.94. The van der Waals surface area contributed by atoms with Crippen molar-refractivity contribution < 1.29 is 9.59 Å². The molecule has 1 aromatic carbocycles. The molecule has 2 aliphatic rings. The molecule has 4 nitrogen and oxygen atoms in total. The highest BCUT2D eigenvalue weighted by atomic mass is 16.2. The Balaban J connectivity index is 1.78. The molecule has 0 aromatic heterocycles. The summed E-state index contributed by atoms with van der Waals surface area (Å²) >= 11 is 0. The number of anilines is 1. The zero-order chi connectivity index (χ0) is 15.2. The van der Waals surface area contributed by atoms with E-state index in [1.54, 1.807) is 0 Å². The molecule has 3 rings (SSSR count). The van der Waals surface area contributed by atoms with E-state index in [2.05, 4.69) is 6.07 Å². The fourth-order valence-corrected chi connectivity index (χ4v) is 3.31. The van der Waals surface area contributed by atoms with Gasteiger partial charge in [-0.05, 0) is 38.8 Å². The molecule has 0 N–H and O–H groups in total. The number of carbonyl (C=O) groups excluding carboxylic acids is 2. The van der Waals surface area contributed by atoms with E-state index < -0.39 is 0 Å². The Morgan fingerprint density at radius 1 is 1.24 bits per heavy atom. The summed E-state index contributed by atoms with van der Waals surface area (Å²) in [7, 11) is 0. The lowest BCUT2D eigenvalue weighted by molar-refractivity contribution is -0.131. The van der Waals surface area contributed by atoms with Gasteiger partial charge >= 0.3 is 0 Å². The lowest BCUT2D eigenvalue weighted by Crippen LogP contribution is -2.43. The number of amides is 2. The summed E-state index contributed by atoms with van der Waals surface area (Å²) in [5, 5.41) is 0. The minimum absolute atomic E-state index is 0.0910.